The van der Waals surface area contributed by atoms with Gasteiger partial charge in [0.25, 0.3) is 15.9 Å². The van der Waals surface area contributed by atoms with Gasteiger partial charge in [-0.05, 0) is 12.1 Å². The van der Waals surface area contributed by atoms with Gasteiger partial charge >= 0.3 is 0 Å². The van der Waals surface area contributed by atoms with Crippen molar-refractivity contribution in [1.29, 1.82) is 0 Å². The number of amides is 1. The van der Waals surface area contributed by atoms with E-state index < -0.39 is 15.9 Å². The second-order valence-electron chi connectivity index (χ2n) is 3.82. The predicted octanol–water partition coefficient (Wildman–Crippen LogP) is -0.437. The number of fused-ring (bicyclic) bond motifs is 1. The van der Waals surface area contributed by atoms with E-state index in [0.717, 1.165) is 15.6 Å². The number of nitrogens with two attached hydrogens (primary N) is 1. The van der Waals surface area contributed by atoms with Crippen LogP contribution in [0.2, 0.25) is 0 Å². The van der Waals surface area contributed by atoms with Crippen molar-refractivity contribution >= 4 is 32.4 Å². The first-order chi connectivity index (χ1) is 9.54. The molecule has 0 atom stereocenters. The number of carbonyl (C=O) groups excluding carboxylic acids is 1. The van der Waals surface area contributed by atoms with Gasteiger partial charge in [0.15, 0.2) is 5.03 Å². The highest BCUT2D eigenvalue weighted by Crippen LogP contribution is 2.30. The van der Waals surface area contributed by atoms with E-state index in [0.29, 0.717) is 10.1 Å². The number of nitrogen functional groups attached to an aromatic ring is 1. The maximum atomic E-state index is 12.2. The minimum absolute atomic E-state index is 0.0641. The van der Waals surface area contributed by atoms with Crippen molar-refractivity contribution in [2.45, 2.75) is 11.6 Å². The molecule has 1 amide bonds. The molecule has 0 saturated heterocycles. The molecule has 1 aliphatic rings. The van der Waals surface area contributed by atoms with E-state index >= 15 is 0 Å². The number of hydrazine groups is 1. The standard InChI is InChI=1S/C9H8N6O3S2/c10-12-9-14-13-6(19-9)4-15-8(16)5-2-1-3-11-7(5)20(15,17)18/h1-3H,4,10H2,(H,12,14). The molecule has 20 heavy (non-hydrogen) atoms. The van der Waals surface area contributed by atoms with Crippen molar-refractivity contribution in [1.82, 2.24) is 19.5 Å². The van der Waals surface area contributed by atoms with Gasteiger partial charge in [0.2, 0.25) is 5.13 Å². The Labute approximate surface area is 117 Å². The van der Waals surface area contributed by atoms with Crippen LogP contribution in [0.25, 0.3) is 0 Å². The van der Waals surface area contributed by atoms with Gasteiger partial charge in [-0.3, -0.25) is 10.2 Å². The van der Waals surface area contributed by atoms with Gasteiger partial charge in [-0.2, -0.15) is 8.42 Å². The van der Waals surface area contributed by atoms with Crippen molar-refractivity contribution in [3.05, 3.63) is 28.9 Å². The van der Waals surface area contributed by atoms with E-state index in [4.69, 9.17) is 5.84 Å². The van der Waals surface area contributed by atoms with Gasteiger partial charge in [0.1, 0.15) is 5.01 Å². The molecule has 0 aliphatic carbocycles. The van der Waals surface area contributed by atoms with Crippen molar-refractivity contribution in [3.8, 4) is 0 Å². The van der Waals surface area contributed by atoms with Crippen LogP contribution in [-0.2, 0) is 16.6 Å². The van der Waals surface area contributed by atoms with Crippen LogP contribution in [0.4, 0.5) is 5.13 Å². The summed E-state index contributed by atoms with van der Waals surface area (Å²) < 4.78 is 25.2. The molecule has 0 bridgehead atoms. The number of anilines is 1. The van der Waals surface area contributed by atoms with E-state index in [9.17, 15) is 13.2 Å². The third kappa shape index (κ3) is 1.83. The number of aromatic nitrogens is 3. The van der Waals surface area contributed by atoms with Gasteiger partial charge in [-0.1, -0.05) is 11.3 Å². The molecule has 11 heteroatoms. The summed E-state index contributed by atoms with van der Waals surface area (Å²) in [5, 5.41) is 7.90. The number of rotatable bonds is 3. The zero-order valence-electron chi connectivity index (χ0n) is 9.85. The fraction of sp³-hybridized carbons (Fsp3) is 0.111. The number of hydrogen-bond acceptors (Lipinski definition) is 9. The van der Waals surface area contributed by atoms with Gasteiger partial charge in [-0.15, -0.1) is 10.2 Å². The van der Waals surface area contributed by atoms with Crippen molar-refractivity contribution < 1.29 is 13.2 Å². The quantitative estimate of drug-likeness (QED) is 0.576. The lowest BCUT2D eigenvalue weighted by molar-refractivity contribution is 0.0864. The summed E-state index contributed by atoms with van der Waals surface area (Å²) in [5.74, 6) is 4.55. The van der Waals surface area contributed by atoms with Crippen LogP contribution in [0.1, 0.15) is 15.4 Å². The topological polar surface area (TPSA) is 131 Å². The number of pyridine rings is 1. The van der Waals surface area contributed by atoms with E-state index in [2.05, 4.69) is 20.6 Å². The maximum absolute atomic E-state index is 12.2. The molecule has 3 rings (SSSR count). The second kappa shape index (κ2) is 4.47. The average molecular weight is 312 g/mol. The highest BCUT2D eigenvalue weighted by atomic mass is 32.2. The van der Waals surface area contributed by atoms with Crippen LogP contribution in [-0.4, -0.2) is 33.8 Å². The Bertz CT molecular complexity index is 786. The molecule has 2 aromatic heterocycles. The minimum atomic E-state index is -3.93. The molecule has 0 aromatic carbocycles. The minimum Gasteiger partial charge on any atom is -0.298 e. The summed E-state index contributed by atoms with van der Waals surface area (Å²) in [4.78, 5) is 15.9. The first kappa shape index (κ1) is 12.9. The molecular formula is C9H8N6O3S2. The molecule has 2 aromatic rings. The van der Waals surface area contributed by atoms with Gasteiger partial charge < -0.3 is 0 Å². The summed E-state index contributed by atoms with van der Waals surface area (Å²) in [6.07, 6.45) is 1.33. The van der Waals surface area contributed by atoms with Crippen LogP contribution in [0.15, 0.2) is 23.4 Å². The summed E-state index contributed by atoms with van der Waals surface area (Å²) in [5.41, 5.74) is 2.37. The van der Waals surface area contributed by atoms with Gasteiger partial charge in [0.05, 0.1) is 12.1 Å². The monoisotopic (exact) mass is 312 g/mol. The molecule has 3 heterocycles. The predicted molar refractivity (Wildman–Crippen MR) is 69.0 cm³/mol. The number of nitrogens with one attached hydrogen (secondary N) is 1. The van der Waals surface area contributed by atoms with Crippen molar-refractivity contribution in [2.75, 3.05) is 5.43 Å². The Kier molecular flexibility index (Phi) is 2.88. The lowest BCUT2D eigenvalue weighted by atomic mass is 10.3. The molecule has 9 nitrogen and oxygen atoms in total. The SMILES string of the molecule is NNc1nnc(CN2C(=O)c3cccnc3S2(=O)=O)s1. The molecule has 3 N–H and O–H groups in total. The van der Waals surface area contributed by atoms with Crippen molar-refractivity contribution in [3.63, 3.8) is 0 Å². The zero-order valence-corrected chi connectivity index (χ0v) is 11.5. The third-order valence-corrected chi connectivity index (χ3v) is 5.16. The molecule has 0 fully saturated rings. The first-order valence-corrected chi connectivity index (χ1v) is 7.61. The lowest BCUT2D eigenvalue weighted by Crippen LogP contribution is -2.29. The van der Waals surface area contributed by atoms with Crippen LogP contribution in [0.5, 0.6) is 0 Å². The Morgan fingerprint density at radius 1 is 1.40 bits per heavy atom. The van der Waals surface area contributed by atoms with E-state index in [1.807, 2.05) is 0 Å². The second-order valence-corrected chi connectivity index (χ2v) is 6.66. The molecule has 1 aliphatic heterocycles. The summed E-state index contributed by atoms with van der Waals surface area (Å²) in [7, 11) is -3.93. The Morgan fingerprint density at radius 3 is 2.85 bits per heavy atom. The van der Waals surface area contributed by atoms with Gasteiger partial charge in [0, 0.05) is 6.20 Å². The number of nitrogens with zero attached hydrogens (tertiary/aromatic N) is 4. The number of carbonyl (C=O) groups is 1. The summed E-state index contributed by atoms with van der Waals surface area (Å²) in [6.45, 7) is -0.198. The number of hydrogen-bond donors (Lipinski definition) is 2. The largest absolute Gasteiger partial charge is 0.298 e. The van der Waals surface area contributed by atoms with E-state index in [-0.39, 0.29) is 17.1 Å². The Morgan fingerprint density at radius 2 is 2.20 bits per heavy atom. The smallest absolute Gasteiger partial charge is 0.285 e. The van der Waals surface area contributed by atoms with Crippen LogP contribution < -0.4 is 11.3 Å². The normalized spacial score (nSPS) is 16.2. The Balaban J connectivity index is 1.98. The highest BCUT2D eigenvalue weighted by Gasteiger charge is 2.42. The molecule has 0 radical (unpaired) electrons. The highest BCUT2D eigenvalue weighted by molar-refractivity contribution is 7.90. The first-order valence-electron chi connectivity index (χ1n) is 5.35. The maximum Gasteiger partial charge on any atom is 0.285 e. The molecule has 104 valence electrons. The Hall–Kier alpha value is -2.11. The van der Waals surface area contributed by atoms with Crippen LogP contribution >= 0.6 is 11.3 Å². The lowest BCUT2D eigenvalue weighted by Gasteiger charge is -2.11. The summed E-state index contributed by atoms with van der Waals surface area (Å²) in [6, 6.07) is 2.94. The van der Waals surface area contributed by atoms with Crippen LogP contribution in [0.3, 0.4) is 0 Å². The number of sulfonamides is 1. The molecule has 0 unspecified atom stereocenters. The molecule has 0 saturated carbocycles. The van der Waals surface area contributed by atoms with E-state index in [1.54, 1.807) is 0 Å². The molecule has 0 spiro atoms. The third-order valence-electron chi connectivity index (χ3n) is 2.63. The molecular weight excluding hydrogens is 304 g/mol. The van der Waals surface area contributed by atoms with E-state index in [1.165, 1.54) is 18.3 Å². The van der Waals surface area contributed by atoms with Crippen LogP contribution in [0, 0.1) is 0 Å². The average Bonchev–Trinajstić information content (AvgIpc) is 2.97. The fourth-order valence-corrected chi connectivity index (χ4v) is 3.93. The van der Waals surface area contributed by atoms with Gasteiger partial charge in [-0.25, -0.2) is 15.1 Å². The van der Waals surface area contributed by atoms with Crippen molar-refractivity contribution in [2.24, 2.45) is 5.84 Å². The zero-order chi connectivity index (χ0) is 14.3. The fourth-order valence-electron chi connectivity index (χ4n) is 1.76. The summed E-state index contributed by atoms with van der Waals surface area (Å²) >= 11 is 1.06.